The van der Waals surface area contributed by atoms with Crippen molar-refractivity contribution in [3.05, 3.63) is 17.7 Å². The van der Waals surface area contributed by atoms with Crippen LogP contribution in [0.3, 0.4) is 0 Å². The summed E-state index contributed by atoms with van der Waals surface area (Å²) in [6.07, 6.45) is -0.380. The lowest BCUT2D eigenvalue weighted by Crippen LogP contribution is -2.11. The van der Waals surface area contributed by atoms with Gasteiger partial charge in [-0.05, 0) is 43.9 Å². The Labute approximate surface area is 121 Å². The molecular formula is C13H20F3N3S. The lowest BCUT2D eigenvalue weighted by molar-refractivity contribution is -0.137. The number of unbranched alkanes of at least 4 members (excludes halogenated alkanes) is 1. The number of aromatic nitrogens is 1. The molecule has 114 valence electrons. The number of hydrogen-bond donors (Lipinski definition) is 2. The van der Waals surface area contributed by atoms with Crippen molar-refractivity contribution in [2.75, 3.05) is 35.7 Å². The maximum Gasteiger partial charge on any atom is 0.416 e. The van der Waals surface area contributed by atoms with Crippen LogP contribution in [0.1, 0.15) is 25.3 Å². The van der Waals surface area contributed by atoms with E-state index in [0.29, 0.717) is 13.1 Å². The number of thioether (sulfide) groups is 1. The Morgan fingerprint density at radius 1 is 1.15 bits per heavy atom. The summed E-state index contributed by atoms with van der Waals surface area (Å²) in [7, 11) is 0. The number of pyridine rings is 1. The van der Waals surface area contributed by atoms with Gasteiger partial charge in [-0.25, -0.2) is 4.98 Å². The van der Waals surface area contributed by atoms with Gasteiger partial charge in [0.1, 0.15) is 11.6 Å². The molecule has 20 heavy (non-hydrogen) atoms. The fourth-order valence-electron chi connectivity index (χ4n) is 1.64. The monoisotopic (exact) mass is 307 g/mol. The number of anilines is 2. The highest BCUT2D eigenvalue weighted by Crippen LogP contribution is 2.32. The highest BCUT2D eigenvalue weighted by atomic mass is 32.2. The van der Waals surface area contributed by atoms with Crippen molar-refractivity contribution in [1.29, 1.82) is 0 Å². The second-order valence-electron chi connectivity index (χ2n) is 4.28. The van der Waals surface area contributed by atoms with E-state index in [9.17, 15) is 13.2 Å². The van der Waals surface area contributed by atoms with Gasteiger partial charge in [0, 0.05) is 13.1 Å². The van der Waals surface area contributed by atoms with Crippen LogP contribution in [0.4, 0.5) is 24.8 Å². The van der Waals surface area contributed by atoms with Crippen LogP contribution in [0.15, 0.2) is 12.1 Å². The normalized spacial score (nSPS) is 11.4. The van der Waals surface area contributed by atoms with Crippen LogP contribution in [0.2, 0.25) is 0 Å². The molecule has 1 rings (SSSR count). The molecule has 0 saturated carbocycles. The number of rotatable bonds is 8. The highest BCUT2D eigenvalue weighted by Gasteiger charge is 2.31. The summed E-state index contributed by atoms with van der Waals surface area (Å²) < 4.78 is 38.4. The molecule has 0 atom stereocenters. The molecule has 0 aliphatic heterocycles. The molecule has 1 aromatic heterocycles. The van der Waals surface area contributed by atoms with Gasteiger partial charge in [-0.2, -0.15) is 24.9 Å². The van der Waals surface area contributed by atoms with Gasteiger partial charge >= 0.3 is 6.18 Å². The average molecular weight is 307 g/mol. The number of hydrogen-bond acceptors (Lipinski definition) is 4. The van der Waals surface area contributed by atoms with Crippen LogP contribution in [0, 0.1) is 0 Å². The first-order chi connectivity index (χ1) is 9.47. The van der Waals surface area contributed by atoms with Crippen molar-refractivity contribution < 1.29 is 13.2 Å². The largest absolute Gasteiger partial charge is 0.416 e. The van der Waals surface area contributed by atoms with Gasteiger partial charge in [-0.15, -0.1) is 0 Å². The quantitative estimate of drug-likeness (QED) is 0.709. The van der Waals surface area contributed by atoms with E-state index in [4.69, 9.17) is 0 Å². The second kappa shape index (κ2) is 8.24. The van der Waals surface area contributed by atoms with Gasteiger partial charge in [0.2, 0.25) is 0 Å². The molecule has 0 saturated heterocycles. The third kappa shape index (κ3) is 5.90. The Bertz CT molecular complexity index is 410. The zero-order valence-electron chi connectivity index (χ0n) is 11.7. The Morgan fingerprint density at radius 2 is 1.80 bits per heavy atom. The van der Waals surface area contributed by atoms with Gasteiger partial charge < -0.3 is 10.6 Å². The standard InChI is InChI=1S/C13H20F3N3S/c1-3-17-11-8-10(13(14,15)16)9-12(19-11)18-6-4-5-7-20-2/h8-9H,3-7H2,1-2H3,(H2,17,18,19). The van der Waals surface area contributed by atoms with E-state index in [1.807, 2.05) is 13.2 Å². The minimum atomic E-state index is -4.36. The fraction of sp³-hybridized carbons (Fsp3) is 0.615. The zero-order valence-corrected chi connectivity index (χ0v) is 12.5. The van der Waals surface area contributed by atoms with E-state index in [-0.39, 0.29) is 11.6 Å². The lowest BCUT2D eigenvalue weighted by atomic mass is 10.2. The average Bonchev–Trinajstić information content (AvgIpc) is 2.38. The van der Waals surface area contributed by atoms with Crippen molar-refractivity contribution in [2.45, 2.75) is 25.9 Å². The molecule has 0 unspecified atom stereocenters. The van der Waals surface area contributed by atoms with E-state index in [1.54, 1.807) is 11.8 Å². The smallest absolute Gasteiger partial charge is 0.370 e. The molecule has 7 heteroatoms. The van der Waals surface area contributed by atoms with Crippen LogP contribution in [0.25, 0.3) is 0 Å². The molecule has 0 aromatic carbocycles. The van der Waals surface area contributed by atoms with Crippen LogP contribution in [-0.4, -0.2) is 30.1 Å². The van der Waals surface area contributed by atoms with Crippen molar-refractivity contribution in [3.8, 4) is 0 Å². The molecule has 0 fully saturated rings. The van der Waals surface area contributed by atoms with Crippen LogP contribution in [-0.2, 0) is 6.18 Å². The van der Waals surface area contributed by atoms with Crippen molar-refractivity contribution in [3.63, 3.8) is 0 Å². The fourth-order valence-corrected chi connectivity index (χ4v) is 2.14. The van der Waals surface area contributed by atoms with E-state index in [0.717, 1.165) is 30.7 Å². The van der Waals surface area contributed by atoms with Crippen LogP contribution < -0.4 is 10.6 Å². The molecule has 0 aliphatic carbocycles. The van der Waals surface area contributed by atoms with Crippen LogP contribution >= 0.6 is 11.8 Å². The second-order valence-corrected chi connectivity index (χ2v) is 5.27. The molecule has 2 N–H and O–H groups in total. The number of alkyl halides is 3. The van der Waals surface area contributed by atoms with Gasteiger partial charge in [0.05, 0.1) is 5.56 Å². The maximum absolute atomic E-state index is 12.8. The molecule has 0 radical (unpaired) electrons. The Hall–Kier alpha value is -1.11. The highest BCUT2D eigenvalue weighted by molar-refractivity contribution is 7.98. The molecule has 0 amide bonds. The number of halogens is 3. The Balaban J connectivity index is 2.71. The molecule has 0 spiro atoms. The predicted octanol–water partition coefficient (Wildman–Crippen LogP) is 4.09. The minimum absolute atomic E-state index is 0.244. The summed E-state index contributed by atoms with van der Waals surface area (Å²) in [6.45, 7) is 2.97. The zero-order chi connectivity index (χ0) is 15.0. The predicted molar refractivity (Wildman–Crippen MR) is 79.5 cm³/mol. The topological polar surface area (TPSA) is 37.0 Å². The summed E-state index contributed by atoms with van der Waals surface area (Å²) in [4.78, 5) is 4.13. The van der Waals surface area contributed by atoms with Gasteiger partial charge in [-0.3, -0.25) is 0 Å². The first kappa shape index (κ1) is 16.9. The summed E-state index contributed by atoms with van der Waals surface area (Å²) in [5.41, 5.74) is -0.685. The lowest BCUT2D eigenvalue weighted by Gasteiger charge is -2.13. The summed E-state index contributed by atoms with van der Waals surface area (Å²) in [5, 5.41) is 5.77. The van der Waals surface area contributed by atoms with E-state index in [1.165, 1.54) is 0 Å². The van der Waals surface area contributed by atoms with E-state index >= 15 is 0 Å². The van der Waals surface area contributed by atoms with Crippen molar-refractivity contribution in [1.82, 2.24) is 4.98 Å². The van der Waals surface area contributed by atoms with Gasteiger partial charge in [0.25, 0.3) is 0 Å². The number of nitrogens with one attached hydrogen (secondary N) is 2. The third-order valence-corrected chi connectivity index (χ3v) is 3.29. The first-order valence-corrected chi connectivity index (χ1v) is 7.92. The molecule has 1 heterocycles. The summed E-state index contributed by atoms with van der Waals surface area (Å²) >= 11 is 1.76. The van der Waals surface area contributed by atoms with Gasteiger partial charge in [-0.1, -0.05) is 0 Å². The first-order valence-electron chi connectivity index (χ1n) is 6.53. The van der Waals surface area contributed by atoms with E-state index in [2.05, 4.69) is 15.6 Å². The Kier molecular flexibility index (Phi) is 6.98. The molecule has 0 aliphatic rings. The number of nitrogens with zero attached hydrogens (tertiary/aromatic N) is 1. The minimum Gasteiger partial charge on any atom is -0.370 e. The van der Waals surface area contributed by atoms with Crippen molar-refractivity contribution >= 4 is 23.4 Å². The van der Waals surface area contributed by atoms with Crippen molar-refractivity contribution in [2.24, 2.45) is 0 Å². The third-order valence-electron chi connectivity index (χ3n) is 2.59. The summed E-state index contributed by atoms with van der Waals surface area (Å²) in [5.74, 6) is 1.56. The molecule has 1 aromatic rings. The molecule has 0 bridgehead atoms. The molecule has 3 nitrogen and oxygen atoms in total. The SMILES string of the molecule is CCNc1cc(C(F)(F)F)cc(NCCCCSC)n1. The van der Waals surface area contributed by atoms with Gasteiger partial charge in [0.15, 0.2) is 0 Å². The Morgan fingerprint density at radius 3 is 2.35 bits per heavy atom. The van der Waals surface area contributed by atoms with E-state index < -0.39 is 11.7 Å². The molecular weight excluding hydrogens is 287 g/mol. The van der Waals surface area contributed by atoms with Crippen LogP contribution in [0.5, 0.6) is 0 Å². The summed E-state index contributed by atoms with van der Waals surface area (Å²) in [6, 6.07) is 2.08. The maximum atomic E-state index is 12.8.